The number of amides is 1. The Morgan fingerprint density at radius 2 is 1.78 bits per heavy atom. The van der Waals surface area contributed by atoms with Crippen LogP contribution in [-0.2, 0) is 9.53 Å². The van der Waals surface area contributed by atoms with Crippen molar-refractivity contribution in [3.8, 4) is 11.5 Å². The van der Waals surface area contributed by atoms with Crippen LogP contribution in [0.15, 0.2) is 54.6 Å². The van der Waals surface area contributed by atoms with Gasteiger partial charge in [0, 0.05) is 12.3 Å². The first kappa shape index (κ1) is 15.6. The number of carbonyl (C=O) groups excluding carboxylic acids is 1. The summed E-state index contributed by atoms with van der Waals surface area (Å²) in [6.07, 6.45) is 3.69. The second kappa shape index (κ2) is 7.79. The Bertz CT molecular complexity index is 619. The van der Waals surface area contributed by atoms with E-state index in [-0.39, 0.29) is 12.0 Å². The molecule has 0 aromatic heterocycles. The highest BCUT2D eigenvalue weighted by molar-refractivity contribution is 5.91. The normalized spacial score (nSPS) is 17.5. The van der Waals surface area contributed by atoms with Crippen LogP contribution in [-0.4, -0.2) is 18.6 Å². The first-order valence-electron chi connectivity index (χ1n) is 8.04. The van der Waals surface area contributed by atoms with Crippen LogP contribution in [0.3, 0.4) is 0 Å². The van der Waals surface area contributed by atoms with E-state index >= 15 is 0 Å². The van der Waals surface area contributed by atoms with Gasteiger partial charge in [-0.25, -0.2) is 0 Å². The van der Waals surface area contributed by atoms with Gasteiger partial charge in [0.2, 0.25) is 5.91 Å². The maximum Gasteiger partial charge on any atom is 0.226 e. The molecule has 1 aliphatic heterocycles. The molecule has 1 amide bonds. The smallest absolute Gasteiger partial charge is 0.226 e. The number of nitrogens with one attached hydrogen (secondary N) is 1. The van der Waals surface area contributed by atoms with E-state index in [1.165, 1.54) is 0 Å². The molecule has 4 nitrogen and oxygen atoms in total. The van der Waals surface area contributed by atoms with E-state index in [1.807, 2.05) is 54.6 Å². The van der Waals surface area contributed by atoms with Crippen molar-refractivity contribution in [1.82, 2.24) is 0 Å². The summed E-state index contributed by atoms with van der Waals surface area (Å²) in [6, 6.07) is 17.0. The molecule has 4 heteroatoms. The SMILES string of the molecule is O=C(CC1CCCCO1)Nc1ccc(Oc2ccccc2)cc1. The van der Waals surface area contributed by atoms with Gasteiger partial charge < -0.3 is 14.8 Å². The van der Waals surface area contributed by atoms with Crippen LogP contribution in [0, 0.1) is 0 Å². The van der Waals surface area contributed by atoms with Crippen LogP contribution in [0.4, 0.5) is 5.69 Å². The number of anilines is 1. The molecule has 120 valence electrons. The summed E-state index contributed by atoms with van der Waals surface area (Å²) in [5.41, 5.74) is 0.770. The van der Waals surface area contributed by atoms with Crippen molar-refractivity contribution in [3.05, 3.63) is 54.6 Å². The van der Waals surface area contributed by atoms with Gasteiger partial charge in [0.25, 0.3) is 0 Å². The molecule has 2 aromatic rings. The molecule has 2 aromatic carbocycles. The van der Waals surface area contributed by atoms with Crippen molar-refractivity contribution in [2.75, 3.05) is 11.9 Å². The molecule has 0 bridgehead atoms. The Hall–Kier alpha value is -2.33. The lowest BCUT2D eigenvalue weighted by atomic mass is 10.1. The largest absolute Gasteiger partial charge is 0.457 e. The first-order chi connectivity index (χ1) is 11.3. The topological polar surface area (TPSA) is 47.6 Å². The number of ether oxygens (including phenoxy) is 2. The number of benzene rings is 2. The monoisotopic (exact) mass is 311 g/mol. The summed E-state index contributed by atoms with van der Waals surface area (Å²) in [5.74, 6) is 1.53. The lowest BCUT2D eigenvalue weighted by Crippen LogP contribution is -2.25. The first-order valence-corrected chi connectivity index (χ1v) is 8.04. The third kappa shape index (κ3) is 4.83. The quantitative estimate of drug-likeness (QED) is 0.891. The highest BCUT2D eigenvalue weighted by atomic mass is 16.5. The summed E-state index contributed by atoms with van der Waals surface area (Å²) in [6.45, 7) is 0.767. The average Bonchev–Trinajstić information content (AvgIpc) is 2.58. The van der Waals surface area contributed by atoms with E-state index in [4.69, 9.17) is 9.47 Å². The van der Waals surface area contributed by atoms with Crippen LogP contribution >= 0.6 is 0 Å². The second-order valence-corrected chi connectivity index (χ2v) is 5.68. The predicted octanol–water partition coefficient (Wildman–Crippen LogP) is 4.38. The minimum Gasteiger partial charge on any atom is -0.457 e. The van der Waals surface area contributed by atoms with Gasteiger partial charge in [0.15, 0.2) is 0 Å². The van der Waals surface area contributed by atoms with Crippen molar-refractivity contribution in [1.29, 1.82) is 0 Å². The molecule has 0 aliphatic carbocycles. The van der Waals surface area contributed by atoms with Crippen molar-refractivity contribution in [2.24, 2.45) is 0 Å². The van der Waals surface area contributed by atoms with Gasteiger partial charge >= 0.3 is 0 Å². The number of rotatable bonds is 5. The molecule has 1 atom stereocenters. The summed E-state index contributed by atoms with van der Waals surface area (Å²) in [5, 5.41) is 2.91. The van der Waals surface area contributed by atoms with E-state index < -0.39 is 0 Å². The third-order valence-corrected chi connectivity index (χ3v) is 3.80. The molecule has 1 unspecified atom stereocenters. The Morgan fingerprint density at radius 1 is 1.04 bits per heavy atom. The van der Waals surface area contributed by atoms with Crippen LogP contribution in [0.1, 0.15) is 25.7 Å². The average molecular weight is 311 g/mol. The molecule has 1 saturated heterocycles. The fourth-order valence-electron chi connectivity index (χ4n) is 2.62. The zero-order valence-electron chi connectivity index (χ0n) is 13.0. The molecule has 0 radical (unpaired) electrons. The minimum absolute atomic E-state index is 0.00590. The molecular formula is C19H21NO3. The number of hydrogen-bond acceptors (Lipinski definition) is 3. The minimum atomic E-state index is -0.00590. The Balaban J connectivity index is 1.51. The van der Waals surface area contributed by atoms with Crippen molar-refractivity contribution >= 4 is 11.6 Å². The van der Waals surface area contributed by atoms with Crippen molar-refractivity contribution in [3.63, 3.8) is 0 Å². The molecule has 3 rings (SSSR count). The molecule has 1 fully saturated rings. The molecule has 1 heterocycles. The van der Waals surface area contributed by atoms with Crippen LogP contribution in [0.25, 0.3) is 0 Å². The van der Waals surface area contributed by atoms with Gasteiger partial charge in [0.1, 0.15) is 11.5 Å². The van der Waals surface area contributed by atoms with E-state index in [9.17, 15) is 4.79 Å². The summed E-state index contributed by atoms with van der Waals surface area (Å²) in [4.78, 5) is 12.0. The molecule has 0 saturated carbocycles. The molecular weight excluding hydrogens is 290 g/mol. The van der Waals surface area contributed by atoms with E-state index in [1.54, 1.807) is 0 Å². The fourth-order valence-corrected chi connectivity index (χ4v) is 2.62. The second-order valence-electron chi connectivity index (χ2n) is 5.68. The number of para-hydroxylation sites is 1. The van der Waals surface area contributed by atoms with Crippen molar-refractivity contribution < 1.29 is 14.3 Å². The third-order valence-electron chi connectivity index (χ3n) is 3.80. The van der Waals surface area contributed by atoms with Gasteiger partial charge in [-0.3, -0.25) is 4.79 Å². The highest BCUT2D eigenvalue weighted by Gasteiger charge is 2.17. The van der Waals surface area contributed by atoms with Gasteiger partial charge in [-0.1, -0.05) is 18.2 Å². The summed E-state index contributed by atoms with van der Waals surface area (Å²) in [7, 11) is 0. The lowest BCUT2D eigenvalue weighted by Gasteiger charge is -2.21. The zero-order chi connectivity index (χ0) is 15.9. The summed E-state index contributed by atoms with van der Waals surface area (Å²) >= 11 is 0. The van der Waals surface area contributed by atoms with Crippen LogP contribution in [0.5, 0.6) is 11.5 Å². The van der Waals surface area contributed by atoms with E-state index in [0.29, 0.717) is 6.42 Å². The fraction of sp³-hybridized carbons (Fsp3) is 0.316. The van der Waals surface area contributed by atoms with Gasteiger partial charge in [-0.05, 0) is 55.7 Å². The number of hydrogen-bond donors (Lipinski definition) is 1. The van der Waals surface area contributed by atoms with E-state index in [2.05, 4.69) is 5.32 Å². The maximum atomic E-state index is 12.0. The number of carbonyl (C=O) groups is 1. The van der Waals surface area contributed by atoms with Gasteiger partial charge in [-0.15, -0.1) is 0 Å². The maximum absolute atomic E-state index is 12.0. The molecule has 1 aliphatic rings. The Kier molecular flexibility index (Phi) is 5.27. The van der Waals surface area contributed by atoms with Crippen LogP contribution in [0.2, 0.25) is 0 Å². The van der Waals surface area contributed by atoms with E-state index in [0.717, 1.165) is 43.1 Å². The standard InChI is InChI=1S/C19H21NO3/c21-19(14-18-8-4-5-13-22-18)20-15-9-11-17(12-10-15)23-16-6-2-1-3-7-16/h1-3,6-7,9-12,18H,4-5,8,13-14H2,(H,20,21). The Labute approximate surface area is 136 Å². The molecule has 0 spiro atoms. The van der Waals surface area contributed by atoms with Gasteiger partial charge in [-0.2, -0.15) is 0 Å². The summed E-state index contributed by atoms with van der Waals surface area (Å²) < 4.78 is 11.3. The van der Waals surface area contributed by atoms with Gasteiger partial charge in [0.05, 0.1) is 12.5 Å². The lowest BCUT2D eigenvalue weighted by molar-refractivity contribution is -0.119. The molecule has 1 N–H and O–H groups in total. The van der Waals surface area contributed by atoms with Crippen LogP contribution < -0.4 is 10.1 Å². The predicted molar refractivity (Wildman–Crippen MR) is 89.8 cm³/mol. The highest BCUT2D eigenvalue weighted by Crippen LogP contribution is 2.23. The van der Waals surface area contributed by atoms with Crippen molar-refractivity contribution in [2.45, 2.75) is 31.8 Å². The Morgan fingerprint density at radius 3 is 2.48 bits per heavy atom. The zero-order valence-corrected chi connectivity index (χ0v) is 13.0. The molecule has 23 heavy (non-hydrogen) atoms.